The van der Waals surface area contributed by atoms with E-state index in [2.05, 4.69) is 49.8 Å². The standard InChI is InChI=1S/C18H21N5S/c1-13(14-10-17-16(19-11-14)6-9-24-17)21-15-4-3-8-23(12-15)18-5-2-7-20-22-18/h2,5-7,9-11,13,15,21H,3-4,8,12H2,1H3/t13-,15+/m0/s1. The van der Waals surface area contributed by atoms with E-state index in [0.29, 0.717) is 6.04 Å². The molecule has 0 saturated carbocycles. The summed E-state index contributed by atoms with van der Waals surface area (Å²) < 4.78 is 1.26. The molecule has 0 amide bonds. The van der Waals surface area contributed by atoms with E-state index in [1.807, 2.05) is 18.3 Å². The smallest absolute Gasteiger partial charge is 0.151 e. The Kier molecular flexibility index (Phi) is 4.40. The van der Waals surface area contributed by atoms with Gasteiger partial charge in [-0.2, -0.15) is 5.10 Å². The van der Waals surface area contributed by atoms with Gasteiger partial charge in [-0.1, -0.05) is 0 Å². The van der Waals surface area contributed by atoms with Crippen molar-refractivity contribution in [3.63, 3.8) is 0 Å². The zero-order chi connectivity index (χ0) is 16.4. The highest BCUT2D eigenvalue weighted by Crippen LogP contribution is 2.24. The molecule has 1 saturated heterocycles. The van der Waals surface area contributed by atoms with E-state index < -0.39 is 0 Å². The van der Waals surface area contributed by atoms with Crippen LogP contribution in [0.3, 0.4) is 0 Å². The van der Waals surface area contributed by atoms with Gasteiger partial charge in [-0.05, 0) is 55.0 Å². The topological polar surface area (TPSA) is 53.9 Å². The second-order valence-corrected chi connectivity index (χ2v) is 7.28. The lowest BCUT2D eigenvalue weighted by molar-refractivity contribution is 0.386. The molecule has 24 heavy (non-hydrogen) atoms. The van der Waals surface area contributed by atoms with Crippen LogP contribution < -0.4 is 10.2 Å². The highest BCUT2D eigenvalue weighted by molar-refractivity contribution is 7.17. The van der Waals surface area contributed by atoms with E-state index in [9.17, 15) is 0 Å². The lowest BCUT2D eigenvalue weighted by Crippen LogP contribution is -2.46. The van der Waals surface area contributed by atoms with Crippen LogP contribution in [0.25, 0.3) is 10.2 Å². The first-order chi connectivity index (χ1) is 11.8. The van der Waals surface area contributed by atoms with Crippen molar-refractivity contribution in [2.75, 3.05) is 18.0 Å². The number of pyridine rings is 1. The first-order valence-electron chi connectivity index (χ1n) is 8.41. The molecule has 4 heterocycles. The van der Waals surface area contributed by atoms with Crippen LogP contribution in [-0.4, -0.2) is 34.3 Å². The molecule has 0 bridgehead atoms. The third kappa shape index (κ3) is 3.25. The highest BCUT2D eigenvalue weighted by Gasteiger charge is 2.22. The van der Waals surface area contributed by atoms with Crippen LogP contribution >= 0.6 is 11.3 Å². The van der Waals surface area contributed by atoms with E-state index in [0.717, 1.165) is 24.4 Å². The maximum absolute atomic E-state index is 4.56. The van der Waals surface area contributed by atoms with Gasteiger partial charge in [0.25, 0.3) is 0 Å². The van der Waals surface area contributed by atoms with Gasteiger partial charge in [0.05, 0.1) is 10.2 Å². The van der Waals surface area contributed by atoms with Crippen LogP contribution in [0, 0.1) is 0 Å². The van der Waals surface area contributed by atoms with Crippen molar-refractivity contribution in [2.24, 2.45) is 0 Å². The molecule has 0 aromatic carbocycles. The Labute approximate surface area is 145 Å². The number of nitrogens with zero attached hydrogens (tertiary/aromatic N) is 4. The average molecular weight is 339 g/mol. The molecule has 0 radical (unpaired) electrons. The maximum atomic E-state index is 4.56. The van der Waals surface area contributed by atoms with Crippen molar-refractivity contribution in [3.8, 4) is 0 Å². The van der Waals surface area contributed by atoms with E-state index in [1.165, 1.54) is 23.1 Å². The highest BCUT2D eigenvalue weighted by atomic mass is 32.1. The summed E-state index contributed by atoms with van der Waals surface area (Å²) in [6.07, 6.45) is 6.08. The van der Waals surface area contributed by atoms with E-state index in [4.69, 9.17) is 0 Å². The summed E-state index contributed by atoms with van der Waals surface area (Å²) in [4.78, 5) is 6.88. The molecule has 1 fully saturated rings. The summed E-state index contributed by atoms with van der Waals surface area (Å²) in [6.45, 7) is 4.24. The Hall–Kier alpha value is -2.05. The van der Waals surface area contributed by atoms with Crippen LogP contribution in [0.15, 0.2) is 42.0 Å². The molecular weight excluding hydrogens is 318 g/mol. The first kappa shape index (κ1) is 15.5. The molecule has 3 aromatic heterocycles. The predicted octanol–water partition coefficient (Wildman–Crippen LogP) is 3.41. The number of rotatable bonds is 4. The second-order valence-electron chi connectivity index (χ2n) is 6.33. The SMILES string of the molecule is C[C@H](N[C@@H]1CCCN(c2cccnn2)C1)c1cnc2ccsc2c1. The van der Waals surface area contributed by atoms with Crippen LogP contribution in [0.4, 0.5) is 5.82 Å². The molecule has 2 atom stereocenters. The van der Waals surface area contributed by atoms with Crippen LogP contribution in [-0.2, 0) is 0 Å². The summed E-state index contributed by atoms with van der Waals surface area (Å²) in [6, 6.07) is 9.05. The van der Waals surface area contributed by atoms with E-state index >= 15 is 0 Å². The average Bonchev–Trinajstić information content (AvgIpc) is 3.10. The Morgan fingerprint density at radius 1 is 1.38 bits per heavy atom. The summed E-state index contributed by atoms with van der Waals surface area (Å²) in [5, 5.41) is 14.1. The van der Waals surface area contributed by atoms with Crippen molar-refractivity contribution in [3.05, 3.63) is 47.6 Å². The number of hydrogen-bond acceptors (Lipinski definition) is 6. The zero-order valence-corrected chi connectivity index (χ0v) is 14.5. The molecule has 0 spiro atoms. The molecule has 4 rings (SSSR count). The van der Waals surface area contributed by atoms with Crippen molar-refractivity contribution in [1.82, 2.24) is 20.5 Å². The molecule has 5 nitrogen and oxygen atoms in total. The minimum atomic E-state index is 0.288. The van der Waals surface area contributed by atoms with Gasteiger partial charge < -0.3 is 10.2 Å². The van der Waals surface area contributed by atoms with Gasteiger partial charge in [-0.3, -0.25) is 4.98 Å². The summed E-state index contributed by atoms with van der Waals surface area (Å²) in [5.74, 6) is 0.971. The third-order valence-electron chi connectivity index (χ3n) is 4.61. The lowest BCUT2D eigenvalue weighted by Gasteiger charge is -2.35. The quantitative estimate of drug-likeness (QED) is 0.789. The van der Waals surface area contributed by atoms with E-state index in [-0.39, 0.29) is 6.04 Å². The molecule has 3 aromatic rings. The van der Waals surface area contributed by atoms with Gasteiger partial charge in [0.2, 0.25) is 0 Å². The Morgan fingerprint density at radius 3 is 3.21 bits per heavy atom. The van der Waals surface area contributed by atoms with Gasteiger partial charge in [-0.25, -0.2) is 0 Å². The van der Waals surface area contributed by atoms with Gasteiger partial charge in [0.1, 0.15) is 0 Å². The summed E-state index contributed by atoms with van der Waals surface area (Å²) in [5.41, 5.74) is 2.34. The van der Waals surface area contributed by atoms with Gasteiger partial charge in [-0.15, -0.1) is 16.4 Å². The number of aromatic nitrogens is 3. The molecule has 1 N–H and O–H groups in total. The second kappa shape index (κ2) is 6.83. The monoisotopic (exact) mass is 339 g/mol. The Morgan fingerprint density at radius 2 is 2.33 bits per heavy atom. The summed E-state index contributed by atoms with van der Waals surface area (Å²) >= 11 is 1.75. The van der Waals surface area contributed by atoms with E-state index in [1.54, 1.807) is 17.5 Å². The van der Waals surface area contributed by atoms with Crippen LogP contribution in [0.5, 0.6) is 0 Å². The minimum absolute atomic E-state index is 0.288. The third-order valence-corrected chi connectivity index (χ3v) is 5.47. The molecule has 0 aliphatic carbocycles. The normalized spacial score (nSPS) is 19.5. The number of anilines is 1. The van der Waals surface area contributed by atoms with Crippen molar-refractivity contribution < 1.29 is 0 Å². The zero-order valence-electron chi connectivity index (χ0n) is 13.7. The molecule has 0 unspecified atom stereocenters. The van der Waals surface area contributed by atoms with Gasteiger partial charge in [0.15, 0.2) is 5.82 Å². The Bertz CT molecular complexity index is 803. The number of piperidine rings is 1. The van der Waals surface area contributed by atoms with Crippen LogP contribution in [0.1, 0.15) is 31.4 Å². The number of fused-ring (bicyclic) bond motifs is 1. The first-order valence-corrected chi connectivity index (χ1v) is 9.29. The van der Waals surface area contributed by atoms with Crippen molar-refractivity contribution in [2.45, 2.75) is 31.8 Å². The van der Waals surface area contributed by atoms with Crippen molar-refractivity contribution >= 4 is 27.4 Å². The molecule has 1 aliphatic heterocycles. The fraction of sp³-hybridized carbons (Fsp3) is 0.389. The molecule has 124 valence electrons. The minimum Gasteiger partial charge on any atom is -0.354 e. The summed E-state index contributed by atoms with van der Waals surface area (Å²) in [7, 11) is 0. The number of hydrogen-bond donors (Lipinski definition) is 1. The largest absolute Gasteiger partial charge is 0.354 e. The lowest BCUT2D eigenvalue weighted by atomic mass is 10.0. The maximum Gasteiger partial charge on any atom is 0.151 e. The fourth-order valence-electron chi connectivity index (χ4n) is 3.33. The van der Waals surface area contributed by atoms with Gasteiger partial charge >= 0.3 is 0 Å². The number of thiophene rings is 1. The molecule has 1 aliphatic rings. The van der Waals surface area contributed by atoms with Gasteiger partial charge in [0, 0.05) is 37.6 Å². The van der Waals surface area contributed by atoms with Crippen LogP contribution in [0.2, 0.25) is 0 Å². The molecule has 6 heteroatoms. The Balaban J connectivity index is 1.44. The van der Waals surface area contributed by atoms with Crippen molar-refractivity contribution in [1.29, 1.82) is 0 Å². The number of nitrogens with one attached hydrogen (secondary N) is 1. The predicted molar refractivity (Wildman–Crippen MR) is 98.4 cm³/mol. The fourth-order valence-corrected chi connectivity index (χ4v) is 4.12. The molecular formula is C18H21N5S.